The van der Waals surface area contributed by atoms with Gasteiger partial charge in [-0.1, -0.05) is 29.8 Å². The Morgan fingerprint density at radius 1 is 1.53 bits per heavy atom. The standard InChI is InChI=1S/C10H14BrN3O/c1-10(2,6-11)7-12-9(15)8-3-4-13-14-5-8/h3-5H,6-7H2,1-2H3,(H,12,15). The molecule has 0 fully saturated rings. The minimum Gasteiger partial charge on any atom is -0.351 e. The first-order chi connectivity index (χ1) is 7.05. The Kier molecular flexibility index (Phi) is 4.20. The highest BCUT2D eigenvalue weighted by Gasteiger charge is 2.17. The number of amides is 1. The van der Waals surface area contributed by atoms with Crippen molar-refractivity contribution in [3.63, 3.8) is 0 Å². The Labute approximate surface area is 97.6 Å². The van der Waals surface area contributed by atoms with E-state index in [1.807, 2.05) is 0 Å². The predicted octanol–water partition coefficient (Wildman–Crippen LogP) is 1.63. The molecular formula is C10H14BrN3O. The van der Waals surface area contributed by atoms with Crippen LogP contribution in [0.15, 0.2) is 18.5 Å². The Bertz CT molecular complexity index is 327. The van der Waals surface area contributed by atoms with E-state index in [2.05, 4.69) is 45.3 Å². The normalized spacial score (nSPS) is 11.1. The predicted molar refractivity (Wildman–Crippen MR) is 61.9 cm³/mol. The smallest absolute Gasteiger partial charge is 0.252 e. The molecule has 0 atom stereocenters. The van der Waals surface area contributed by atoms with Gasteiger partial charge in [0, 0.05) is 11.9 Å². The summed E-state index contributed by atoms with van der Waals surface area (Å²) in [7, 11) is 0. The molecule has 1 heterocycles. The van der Waals surface area contributed by atoms with Crippen molar-refractivity contribution < 1.29 is 4.79 Å². The molecule has 4 nitrogen and oxygen atoms in total. The van der Waals surface area contributed by atoms with Crippen molar-refractivity contribution in [2.75, 3.05) is 11.9 Å². The number of carbonyl (C=O) groups is 1. The fourth-order valence-corrected chi connectivity index (χ4v) is 1.09. The topological polar surface area (TPSA) is 54.9 Å². The molecule has 0 spiro atoms. The first-order valence-corrected chi connectivity index (χ1v) is 5.78. The highest BCUT2D eigenvalue weighted by molar-refractivity contribution is 9.09. The molecule has 0 unspecified atom stereocenters. The fourth-order valence-electron chi connectivity index (χ4n) is 0.894. The van der Waals surface area contributed by atoms with Crippen LogP contribution in [0.2, 0.25) is 0 Å². The van der Waals surface area contributed by atoms with Gasteiger partial charge >= 0.3 is 0 Å². The van der Waals surface area contributed by atoms with Crippen LogP contribution in [0.3, 0.4) is 0 Å². The van der Waals surface area contributed by atoms with Gasteiger partial charge in [-0.05, 0) is 11.5 Å². The van der Waals surface area contributed by atoms with E-state index in [4.69, 9.17) is 0 Å². The lowest BCUT2D eigenvalue weighted by molar-refractivity contribution is 0.0939. The van der Waals surface area contributed by atoms with Crippen LogP contribution in [-0.2, 0) is 0 Å². The second-order valence-electron chi connectivity index (χ2n) is 4.11. The maximum Gasteiger partial charge on any atom is 0.252 e. The molecular weight excluding hydrogens is 258 g/mol. The van der Waals surface area contributed by atoms with Gasteiger partial charge in [-0.25, -0.2) is 0 Å². The molecule has 1 amide bonds. The summed E-state index contributed by atoms with van der Waals surface area (Å²) >= 11 is 3.40. The zero-order valence-electron chi connectivity index (χ0n) is 8.83. The largest absolute Gasteiger partial charge is 0.351 e. The van der Waals surface area contributed by atoms with E-state index in [-0.39, 0.29) is 11.3 Å². The molecule has 0 aliphatic carbocycles. The molecule has 1 aromatic heterocycles. The molecule has 0 aliphatic rings. The van der Waals surface area contributed by atoms with Crippen molar-refractivity contribution >= 4 is 21.8 Å². The quantitative estimate of drug-likeness (QED) is 0.847. The number of hydrogen-bond donors (Lipinski definition) is 1. The second-order valence-corrected chi connectivity index (χ2v) is 4.67. The van der Waals surface area contributed by atoms with Gasteiger partial charge in [0.25, 0.3) is 5.91 Å². The van der Waals surface area contributed by atoms with Gasteiger partial charge in [0.2, 0.25) is 0 Å². The summed E-state index contributed by atoms with van der Waals surface area (Å²) in [6.07, 6.45) is 2.96. The minimum absolute atomic E-state index is 0.0517. The SMILES string of the molecule is CC(C)(CBr)CNC(=O)c1ccnnc1. The van der Waals surface area contributed by atoms with Crippen molar-refractivity contribution in [1.29, 1.82) is 0 Å². The van der Waals surface area contributed by atoms with Gasteiger partial charge in [0.1, 0.15) is 0 Å². The summed E-state index contributed by atoms with van der Waals surface area (Å²) in [6, 6.07) is 1.64. The van der Waals surface area contributed by atoms with Crippen molar-refractivity contribution in [3.05, 3.63) is 24.0 Å². The van der Waals surface area contributed by atoms with Crippen molar-refractivity contribution in [2.45, 2.75) is 13.8 Å². The molecule has 0 saturated carbocycles. The number of carbonyl (C=O) groups excluding carboxylic acids is 1. The molecule has 15 heavy (non-hydrogen) atoms. The number of alkyl halides is 1. The molecule has 0 aliphatic heterocycles. The van der Waals surface area contributed by atoms with Crippen molar-refractivity contribution in [1.82, 2.24) is 15.5 Å². The van der Waals surface area contributed by atoms with Crippen LogP contribution in [0, 0.1) is 5.41 Å². The summed E-state index contributed by atoms with van der Waals surface area (Å²) in [5.74, 6) is -0.112. The van der Waals surface area contributed by atoms with E-state index in [0.717, 1.165) is 5.33 Å². The summed E-state index contributed by atoms with van der Waals surface area (Å²) in [5.41, 5.74) is 0.589. The first-order valence-electron chi connectivity index (χ1n) is 4.66. The third kappa shape index (κ3) is 3.95. The van der Waals surface area contributed by atoms with Crippen LogP contribution >= 0.6 is 15.9 Å². The Hall–Kier alpha value is -0.970. The van der Waals surface area contributed by atoms with E-state index in [9.17, 15) is 4.79 Å². The van der Waals surface area contributed by atoms with Gasteiger partial charge in [-0.2, -0.15) is 10.2 Å². The number of rotatable bonds is 4. The van der Waals surface area contributed by atoms with Crippen molar-refractivity contribution in [3.8, 4) is 0 Å². The summed E-state index contributed by atoms with van der Waals surface area (Å²) in [4.78, 5) is 11.6. The Balaban J connectivity index is 2.51. The fraction of sp³-hybridized carbons (Fsp3) is 0.500. The second kappa shape index (κ2) is 5.21. The summed E-state index contributed by atoms with van der Waals surface area (Å²) in [5, 5.41) is 11.0. The van der Waals surface area contributed by atoms with E-state index in [0.29, 0.717) is 12.1 Å². The maximum atomic E-state index is 11.6. The molecule has 1 N–H and O–H groups in total. The molecule has 82 valence electrons. The number of hydrogen-bond acceptors (Lipinski definition) is 3. The first kappa shape index (κ1) is 12.1. The molecule has 0 radical (unpaired) electrons. The van der Waals surface area contributed by atoms with Crippen LogP contribution in [0.1, 0.15) is 24.2 Å². The number of nitrogens with one attached hydrogen (secondary N) is 1. The van der Waals surface area contributed by atoms with Crippen LogP contribution in [-0.4, -0.2) is 28.0 Å². The highest BCUT2D eigenvalue weighted by Crippen LogP contribution is 2.16. The summed E-state index contributed by atoms with van der Waals surface area (Å²) in [6.45, 7) is 4.78. The molecule has 1 aromatic rings. The maximum absolute atomic E-state index is 11.6. The Morgan fingerprint density at radius 2 is 2.27 bits per heavy atom. The monoisotopic (exact) mass is 271 g/mol. The van der Waals surface area contributed by atoms with E-state index in [1.54, 1.807) is 6.07 Å². The molecule has 1 rings (SSSR count). The van der Waals surface area contributed by atoms with Gasteiger partial charge in [-0.15, -0.1) is 0 Å². The summed E-state index contributed by atoms with van der Waals surface area (Å²) < 4.78 is 0. The van der Waals surface area contributed by atoms with E-state index in [1.165, 1.54) is 12.4 Å². The van der Waals surface area contributed by atoms with E-state index < -0.39 is 0 Å². The van der Waals surface area contributed by atoms with Gasteiger partial charge < -0.3 is 5.32 Å². The van der Waals surface area contributed by atoms with Crippen LogP contribution in [0.5, 0.6) is 0 Å². The molecule has 5 heteroatoms. The number of halogens is 1. The molecule has 0 bridgehead atoms. The average molecular weight is 272 g/mol. The van der Waals surface area contributed by atoms with Gasteiger partial charge in [0.15, 0.2) is 0 Å². The molecule has 0 saturated heterocycles. The van der Waals surface area contributed by atoms with E-state index >= 15 is 0 Å². The van der Waals surface area contributed by atoms with Gasteiger partial charge in [-0.3, -0.25) is 4.79 Å². The van der Waals surface area contributed by atoms with Crippen molar-refractivity contribution in [2.24, 2.45) is 5.41 Å². The lowest BCUT2D eigenvalue weighted by Crippen LogP contribution is -2.34. The minimum atomic E-state index is -0.112. The Morgan fingerprint density at radius 3 is 2.80 bits per heavy atom. The third-order valence-electron chi connectivity index (χ3n) is 1.94. The zero-order chi connectivity index (χ0) is 11.3. The lowest BCUT2D eigenvalue weighted by Gasteiger charge is -2.21. The number of nitrogens with zero attached hydrogens (tertiary/aromatic N) is 2. The highest BCUT2D eigenvalue weighted by atomic mass is 79.9. The van der Waals surface area contributed by atoms with Crippen LogP contribution in [0.4, 0.5) is 0 Å². The van der Waals surface area contributed by atoms with Crippen LogP contribution < -0.4 is 5.32 Å². The molecule has 0 aromatic carbocycles. The average Bonchev–Trinajstić information content (AvgIpc) is 2.27. The van der Waals surface area contributed by atoms with Crippen LogP contribution in [0.25, 0.3) is 0 Å². The zero-order valence-corrected chi connectivity index (χ0v) is 10.4. The number of aromatic nitrogens is 2. The van der Waals surface area contributed by atoms with Gasteiger partial charge in [0.05, 0.1) is 18.0 Å². The lowest BCUT2D eigenvalue weighted by atomic mass is 9.97. The third-order valence-corrected chi connectivity index (χ3v) is 3.45.